The third-order valence-electron chi connectivity index (χ3n) is 4.14. The van der Waals surface area contributed by atoms with E-state index in [1.54, 1.807) is 36.4 Å². The van der Waals surface area contributed by atoms with Crippen molar-refractivity contribution in [2.24, 2.45) is 0 Å². The summed E-state index contributed by atoms with van der Waals surface area (Å²) in [6.45, 7) is 5.13. The van der Waals surface area contributed by atoms with Crippen LogP contribution in [-0.2, 0) is 9.59 Å². The summed E-state index contributed by atoms with van der Waals surface area (Å²) < 4.78 is 5.24. The van der Waals surface area contributed by atoms with E-state index in [0.29, 0.717) is 28.4 Å². The number of hydrogen-bond acceptors (Lipinski definition) is 4. The summed E-state index contributed by atoms with van der Waals surface area (Å²) in [5, 5.41) is 5.36. The first-order valence-corrected chi connectivity index (χ1v) is 8.26. The van der Waals surface area contributed by atoms with Crippen LogP contribution in [-0.4, -0.2) is 36.3 Å². The number of benzene rings is 2. The summed E-state index contributed by atoms with van der Waals surface area (Å²) in [6.07, 6.45) is 0. The molecule has 0 unspecified atom stereocenters. The van der Waals surface area contributed by atoms with Crippen molar-refractivity contribution in [3.63, 3.8) is 0 Å². The first kappa shape index (κ1) is 18.2. The molecule has 3 amide bonds. The number of fused-ring (bicyclic) bond motifs is 1. The molecular weight excluding hydrogens is 346 g/mol. The lowest BCUT2D eigenvalue weighted by molar-refractivity contribution is -0.116. The number of nitrogens with zero attached hydrogens (tertiary/aromatic N) is 1. The van der Waals surface area contributed by atoms with E-state index < -0.39 is 5.91 Å². The lowest BCUT2D eigenvalue weighted by Gasteiger charge is -2.18. The molecule has 2 aromatic carbocycles. The number of anilines is 2. The molecule has 0 radical (unpaired) electrons. The van der Waals surface area contributed by atoms with Crippen molar-refractivity contribution >= 4 is 34.8 Å². The van der Waals surface area contributed by atoms with Gasteiger partial charge in [0.1, 0.15) is 12.3 Å². The van der Waals surface area contributed by atoms with Gasteiger partial charge in [-0.1, -0.05) is 24.8 Å². The summed E-state index contributed by atoms with van der Waals surface area (Å²) >= 11 is 0. The largest absolute Gasteiger partial charge is 0.495 e. The summed E-state index contributed by atoms with van der Waals surface area (Å²) in [7, 11) is 1.48. The minimum Gasteiger partial charge on any atom is -0.495 e. The summed E-state index contributed by atoms with van der Waals surface area (Å²) in [5.74, 6) is -0.457. The van der Waals surface area contributed by atoms with Crippen molar-refractivity contribution in [1.29, 1.82) is 0 Å². The Morgan fingerprint density at radius 1 is 1.11 bits per heavy atom. The molecule has 1 aliphatic rings. The third kappa shape index (κ3) is 3.67. The first-order valence-electron chi connectivity index (χ1n) is 8.26. The van der Waals surface area contributed by atoms with Gasteiger partial charge in [0.2, 0.25) is 11.8 Å². The Kier molecular flexibility index (Phi) is 4.94. The molecule has 0 atom stereocenters. The number of rotatable bonds is 5. The number of amides is 3. The van der Waals surface area contributed by atoms with Crippen molar-refractivity contribution in [3.8, 4) is 5.75 Å². The molecule has 2 N–H and O–H groups in total. The minimum absolute atomic E-state index is 0.181. The van der Waals surface area contributed by atoms with Gasteiger partial charge in [0.25, 0.3) is 5.91 Å². The topological polar surface area (TPSA) is 87.7 Å². The number of carbonyl (C=O) groups excluding carboxylic acids is 3. The molecule has 0 bridgehead atoms. The van der Waals surface area contributed by atoms with Crippen LogP contribution in [0.25, 0.3) is 5.70 Å². The lowest BCUT2D eigenvalue weighted by Crippen LogP contribution is -2.32. The fourth-order valence-corrected chi connectivity index (χ4v) is 2.92. The molecule has 7 nitrogen and oxygen atoms in total. The second-order valence-corrected chi connectivity index (χ2v) is 6.03. The van der Waals surface area contributed by atoms with Gasteiger partial charge < -0.3 is 15.4 Å². The zero-order valence-corrected chi connectivity index (χ0v) is 15.0. The number of ether oxygens (including phenoxy) is 1. The van der Waals surface area contributed by atoms with Crippen LogP contribution in [0.4, 0.5) is 11.4 Å². The highest BCUT2D eigenvalue weighted by Crippen LogP contribution is 2.31. The molecule has 1 heterocycles. The van der Waals surface area contributed by atoms with Crippen LogP contribution in [0, 0.1) is 0 Å². The molecule has 1 aliphatic heterocycles. The third-order valence-corrected chi connectivity index (χ3v) is 4.14. The molecule has 138 valence electrons. The van der Waals surface area contributed by atoms with Crippen molar-refractivity contribution in [3.05, 3.63) is 60.2 Å². The fraction of sp³-hybridized carbons (Fsp3) is 0.150. The molecule has 0 saturated heterocycles. The van der Waals surface area contributed by atoms with E-state index in [1.165, 1.54) is 18.9 Å². The van der Waals surface area contributed by atoms with E-state index in [9.17, 15) is 14.4 Å². The predicted octanol–water partition coefficient (Wildman–Crippen LogP) is 2.72. The summed E-state index contributed by atoms with van der Waals surface area (Å²) in [5.41, 5.74) is 2.65. The van der Waals surface area contributed by atoms with E-state index in [4.69, 9.17) is 4.74 Å². The molecule has 0 aromatic heterocycles. The van der Waals surface area contributed by atoms with Crippen LogP contribution in [0.1, 0.15) is 22.8 Å². The van der Waals surface area contributed by atoms with Gasteiger partial charge in [-0.25, -0.2) is 0 Å². The highest BCUT2D eigenvalue weighted by atomic mass is 16.5. The molecule has 0 saturated carbocycles. The Bertz CT molecular complexity index is 917. The maximum absolute atomic E-state index is 12.5. The van der Waals surface area contributed by atoms with Crippen molar-refractivity contribution in [2.45, 2.75) is 6.92 Å². The second kappa shape index (κ2) is 7.33. The second-order valence-electron chi connectivity index (χ2n) is 6.03. The van der Waals surface area contributed by atoms with Gasteiger partial charge in [-0.05, 0) is 24.3 Å². The normalized spacial score (nSPS) is 12.6. The van der Waals surface area contributed by atoms with E-state index in [1.807, 2.05) is 6.07 Å². The van der Waals surface area contributed by atoms with Gasteiger partial charge in [-0.15, -0.1) is 0 Å². The average Bonchev–Trinajstić information content (AvgIpc) is 2.87. The summed E-state index contributed by atoms with van der Waals surface area (Å²) in [6, 6.07) is 12.0. The quantitative estimate of drug-likeness (QED) is 0.853. The van der Waals surface area contributed by atoms with Gasteiger partial charge in [-0.2, -0.15) is 0 Å². The maximum atomic E-state index is 12.5. The van der Waals surface area contributed by atoms with Crippen LogP contribution in [0.15, 0.2) is 49.0 Å². The molecule has 27 heavy (non-hydrogen) atoms. The minimum atomic E-state index is -0.407. The Labute approximate surface area is 156 Å². The zero-order valence-electron chi connectivity index (χ0n) is 15.0. The highest BCUT2D eigenvalue weighted by Gasteiger charge is 2.32. The van der Waals surface area contributed by atoms with Gasteiger partial charge >= 0.3 is 0 Å². The van der Waals surface area contributed by atoms with Crippen molar-refractivity contribution < 1.29 is 19.1 Å². The Balaban J connectivity index is 1.76. The standard InChI is InChI=1S/C20H19N3O4/c1-12-15-6-4-5-7-16(15)20(26)23(12)11-19(25)22-17-10-14(21-13(2)24)8-9-18(17)27-3/h4-10H,1,11H2,2-3H3,(H,21,24)(H,22,25). The molecular formula is C20H19N3O4. The number of hydrogen-bond donors (Lipinski definition) is 2. The van der Waals surface area contributed by atoms with E-state index in [2.05, 4.69) is 17.2 Å². The van der Waals surface area contributed by atoms with E-state index in [0.717, 1.165) is 5.56 Å². The van der Waals surface area contributed by atoms with Crippen LogP contribution in [0.2, 0.25) is 0 Å². The number of nitrogens with one attached hydrogen (secondary N) is 2. The molecule has 0 spiro atoms. The monoisotopic (exact) mass is 365 g/mol. The number of carbonyl (C=O) groups is 3. The van der Waals surface area contributed by atoms with Gasteiger partial charge in [0.15, 0.2) is 0 Å². The van der Waals surface area contributed by atoms with Crippen LogP contribution >= 0.6 is 0 Å². The maximum Gasteiger partial charge on any atom is 0.259 e. The van der Waals surface area contributed by atoms with Gasteiger partial charge in [-0.3, -0.25) is 19.3 Å². The van der Waals surface area contributed by atoms with Gasteiger partial charge in [0, 0.05) is 29.4 Å². The van der Waals surface area contributed by atoms with E-state index >= 15 is 0 Å². The van der Waals surface area contributed by atoms with Crippen LogP contribution in [0.3, 0.4) is 0 Å². The number of methoxy groups -OCH3 is 1. The molecule has 3 rings (SSSR count). The molecule has 0 fully saturated rings. The van der Waals surface area contributed by atoms with Crippen LogP contribution < -0.4 is 15.4 Å². The smallest absolute Gasteiger partial charge is 0.259 e. The van der Waals surface area contributed by atoms with Crippen molar-refractivity contribution in [1.82, 2.24) is 4.90 Å². The Morgan fingerprint density at radius 2 is 1.81 bits per heavy atom. The fourth-order valence-electron chi connectivity index (χ4n) is 2.92. The zero-order chi connectivity index (χ0) is 19.6. The molecule has 0 aliphatic carbocycles. The average molecular weight is 365 g/mol. The highest BCUT2D eigenvalue weighted by molar-refractivity contribution is 6.11. The molecule has 2 aromatic rings. The Morgan fingerprint density at radius 3 is 2.44 bits per heavy atom. The first-order chi connectivity index (χ1) is 12.9. The SMILES string of the molecule is C=C1c2ccccc2C(=O)N1CC(=O)Nc1cc(NC(C)=O)ccc1OC. The van der Waals surface area contributed by atoms with Gasteiger partial charge in [0.05, 0.1) is 12.8 Å². The molecule has 7 heteroatoms. The summed E-state index contributed by atoms with van der Waals surface area (Å²) in [4.78, 5) is 37.6. The Hall–Kier alpha value is -3.61. The predicted molar refractivity (Wildman–Crippen MR) is 102 cm³/mol. The van der Waals surface area contributed by atoms with Crippen LogP contribution in [0.5, 0.6) is 5.75 Å². The van der Waals surface area contributed by atoms with Crippen molar-refractivity contribution in [2.75, 3.05) is 24.3 Å². The van der Waals surface area contributed by atoms with E-state index in [-0.39, 0.29) is 18.4 Å². The lowest BCUT2D eigenvalue weighted by atomic mass is 10.1.